The summed E-state index contributed by atoms with van der Waals surface area (Å²) in [5.41, 5.74) is 1.90. The molecular formula is C15H13FN2O. The van der Waals surface area contributed by atoms with Gasteiger partial charge in [-0.2, -0.15) is 5.26 Å². The Morgan fingerprint density at radius 1 is 1.26 bits per heavy atom. The summed E-state index contributed by atoms with van der Waals surface area (Å²) in [6.45, 7) is 0.533. The summed E-state index contributed by atoms with van der Waals surface area (Å²) in [7, 11) is 1.61. The minimum Gasteiger partial charge on any atom is -0.497 e. The van der Waals surface area contributed by atoms with Crippen LogP contribution < -0.4 is 10.1 Å². The average molecular weight is 256 g/mol. The van der Waals surface area contributed by atoms with Gasteiger partial charge in [0.15, 0.2) is 0 Å². The molecule has 0 amide bonds. The summed E-state index contributed by atoms with van der Waals surface area (Å²) >= 11 is 0. The topological polar surface area (TPSA) is 45.0 Å². The van der Waals surface area contributed by atoms with Crippen LogP contribution in [0.1, 0.15) is 11.1 Å². The Morgan fingerprint density at radius 3 is 2.84 bits per heavy atom. The molecule has 4 heteroatoms. The zero-order valence-electron chi connectivity index (χ0n) is 10.5. The Hall–Kier alpha value is -2.54. The smallest absolute Gasteiger partial charge is 0.126 e. The second-order valence-electron chi connectivity index (χ2n) is 4.05. The molecule has 2 rings (SSSR count). The molecule has 0 bridgehead atoms. The normalized spacial score (nSPS) is 9.74. The molecule has 3 nitrogen and oxygen atoms in total. The molecule has 0 aliphatic carbocycles. The summed E-state index contributed by atoms with van der Waals surface area (Å²) in [4.78, 5) is 0. The van der Waals surface area contributed by atoms with Gasteiger partial charge >= 0.3 is 0 Å². The van der Waals surface area contributed by atoms with Crippen LogP contribution in [0.5, 0.6) is 5.75 Å². The Bertz CT molecular complexity index is 620. The van der Waals surface area contributed by atoms with Gasteiger partial charge in [-0.05, 0) is 35.9 Å². The third-order valence-corrected chi connectivity index (χ3v) is 2.66. The average Bonchev–Trinajstić information content (AvgIpc) is 2.44. The van der Waals surface area contributed by atoms with E-state index in [1.165, 1.54) is 12.1 Å². The molecule has 0 aliphatic rings. The summed E-state index contributed by atoms with van der Waals surface area (Å²) in [5, 5.41) is 11.9. The van der Waals surface area contributed by atoms with E-state index in [1.54, 1.807) is 13.2 Å². The molecule has 2 aromatic carbocycles. The highest BCUT2D eigenvalue weighted by Crippen LogP contribution is 2.17. The number of nitriles is 1. The maximum atomic E-state index is 13.2. The summed E-state index contributed by atoms with van der Waals surface area (Å²) < 4.78 is 18.4. The molecule has 0 atom stereocenters. The molecule has 0 spiro atoms. The number of anilines is 1. The van der Waals surface area contributed by atoms with E-state index in [2.05, 4.69) is 5.32 Å². The number of methoxy groups -OCH3 is 1. The van der Waals surface area contributed by atoms with Crippen molar-refractivity contribution in [3.05, 3.63) is 59.4 Å². The highest BCUT2D eigenvalue weighted by Gasteiger charge is 2.01. The Morgan fingerprint density at radius 2 is 2.11 bits per heavy atom. The highest BCUT2D eigenvalue weighted by atomic mass is 19.1. The van der Waals surface area contributed by atoms with E-state index in [0.29, 0.717) is 17.8 Å². The second kappa shape index (κ2) is 5.87. The minimum atomic E-state index is -0.424. The lowest BCUT2D eigenvalue weighted by molar-refractivity contribution is 0.414. The second-order valence-corrected chi connectivity index (χ2v) is 4.05. The molecular weight excluding hydrogens is 243 g/mol. The predicted octanol–water partition coefficient (Wildman–Crippen LogP) is 3.32. The molecule has 1 N–H and O–H groups in total. The van der Waals surface area contributed by atoms with Crippen molar-refractivity contribution in [3.8, 4) is 11.8 Å². The van der Waals surface area contributed by atoms with Crippen molar-refractivity contribution in [2.45, 2.75) is 6.54 Å². The quantitative estimate of drug-likeness (QED) is 0.912. The monoisotopic (exact) mass is 256 g/mol. The molecule has 19 heavy (non-hydrogen) atoms. The van der Waals surface area contributed by atoms with Gasteiger partial charge in [-0.3, -0.25) is 0 Å². The lowest BCUT2D eigenvalue weighted by Crippen LogP contribution is -2.00. The maximum absolute atomic E-state index is 13.2. The SMILES string of the molecule is COc1cccc(CNc2cc(F)cc(C#N)c2)c1. The third kappa shape index (κ3) is 3.46. The standard InChI is InChI=1S/C15H13FN2O/c1-19-15-4-2-3-11(7-15)10-18-14-6-12(9-17)5-13(16)8-14/h2-8,18H,10H2,1H3. The molecule has 2 aromatic rings. The van der Waals surface area contributed by atoms with Crippen LogP contribution in [0, 0.1) is 17.1 Å². The van der Waals surface area contributed by atoms with Crippen molar-refractivity contribution in [2.75, 3.05) is 12.4 Å². The van der Waals surface area contributed by atoms with Crippen LogP contribution in [0.2, 0.25) is 0 Å². The molecule has 0 aliphatic heterocycles. The fraction of sp³-hybridized carbons (Fsp3) is 0.133. The predicted molar refractivity (Wildman–Crippen MR) is 71.4 cm³/mol. The van der Waals surface area contributed by atoms with Crippen molar-refractivity contribution in [1.29, 1.82) is 5.26 Å². The number of rotatable bonds is 4. The van der Waals surface area contributed by atoms with Crippen molar-refractivity contribution in [1.82, 2.24) is 0 Å². The molecule has 0 heterocycles. The summed E-state index contributed by atoms with van der Waals surface area (Å²) in [6.07, 6.45) is 0. The molecule has 96 valence electrons. The first-order chi connectivity index (χ1) is 9.21. The lowest BCUT2D eigenvalue weighted by atomic mass is 10.2. The highest BCUT2D eigenvalue weighted by molar-refractivity contribution is 5.50. The largest absolute Gasteiger partial charge is 0.497 e. The number of nitrogens with zero attached hydrogens (tertiary/aromatic N) is 1. The number of ether oxygens (including phenoxy) is 1. The zero-order valence-corrected chi connectivity index (χ0v) is 10.5. The maximum Gasteiger partial charge on any atom is 0.126 e. The zero-order chi connectivity index (χ0) is 13.7. The molecule has 0 aromatic heterocycles. The Kier molecular flexibility index (Phi) is 3.99. The number of hydrogen-bond acceptors (Lipinski definition) is 3. The van der Waals surface area contributed by atoms with E-state index in [1.807, 2.05) is 30.3 Å². The van der Waals surface area contributed by atoms with E-state index in [9.17, 15) is 4.39 Å². The van der Waals surface area contributed by atoms with E-state index >= 15 is 0 Å². The number of hydrogen-bond donors (Lipinski definition) is 1. The van der Waals surface area contributed by atoms with Gasteiger partial charge in [0.25, 0.3) is 0 Å². The number of benzene rings is 2. The van der Waals surface area contributed by atoms with Gasteiger partial charge in [0.2, 0.25) is 0 Å². The van der Waals surface area contributed by atoms with Gasteiger partial charge in [0.05, 0.1) is 18.7 Å². The van der Waals surface area contributed by atoms with Crippen LogP contribution in [-0.4, -0.2) is 7.11 Å². The van der Waals surface area contributed by atoms with Crippen molar-refractivity contribution >= 4 is 5.69 Å². The van der Waals surface area contributed by atoms with Gasteiger partial charge < -0.3 is 10.1 Å². The van der Waals surface area contributed by atoms with E-state index in [4.69, 9.17) is 10.00 Å². The molecule has 0 radical (unpaired) electrons. The van der Waals surface area contributed by atoms with Crippen LogP contribution >= 0.6 is 0 Å². The Labute approximate surface area is 111 Å². The number of halogens is 1. The van der Waals surface area contributed by atoms with Crippen molar-refractivity contribution in [2.24, 2.45) is 0 Å². The van der Waals surface area contributed by atoms with E-state index in [-0.39, 0.29) is 0 Å². The molecule has 0 saturated carbocycles. The first kappa shape index (κ1) is 12.9. The first-order valence-corrected chi connectivity index (χ1v) is 5.79. The van der Waals surface area contributed by atoms with E-state index < -0.39 is 5.82 Å². The summed E-state index contributed by atoms with van der Waals surface area (Å²) in [6, 6.07) is 13.7. The van der Waals surface area contributed by atoms with Crippen LogP contribution in [0.3, 0.4) is 0 Å². The Balaban J connectivity index is 2.10. The minimum absolute atomic E-state index is 0.299. The van der Waals surface area contributed by atoms with Crippen LogP contribution in [0.15, 0.2) is 42.5 Å². The van der Waals surface area contributed by atoms with Gasteiger partial charge in [0.1, 0.15) is 11.6 Å². The van der Waals surface area contributed by atoms with Gasteiger partial charge in [-0.15, -0.1) is 0 Å². The van der Waals surface area contributed by atoms with Crippen LogP contribution in [-0.2, 0) is 6.54 Å². The van der Waals surface area contributed by atoms with Crippen LogP contribution in [0.4, 0.5) is 10.1 Å². The fourth-order valence-corrected chi connectivity index (χ4v) is 1.74. The van der Waals surface area contributed by atoms with E-state index in [0.717, 1.165) is 11.3 Å². The van der Waals surface area contributed by atoms with Gasteiger partial charge in [0, 0.05) is 12.2 Å². The molecule has 0 unspecified atom stereocenters. The number of nitrogens with one attached hydrogen (secondary N) is 1. The van der Waals surface area contributed by atoms with Crippen LogP contribution in [0.25, 0.3) is 0 Å². The van der Waals surface area contributed by atoms with Crippen molar-refractivity contribution < 1.29 is 9.13 Å². The first-order valence-electron chi connectivity index (χ1n) is 5.79. The fourth-order valence-electron chi connectivity index (χ4n) is 1.74. The summed E-state index contributed by atoms with van der Waals surface area (Å²) in [5.74, 6) is 0.350. The lowest BCUT2D eigenvalue weighted by Gasteiger charge is -2.08. The van der Waals surface area contributed by atoms with Gasteiger partial charge in [-0.1, -0.05) is 12.1 Å². The third-order valence-electron chi connectivity index (χ3n) is 2.66. The molecule has 0 saturated heterocycles. The van der Waals surface area contributed by atoms with Gasteiger partial charge in [-0.25, -0.2) is 4.39 Å². The molecule has 0 fully saturated rings. The van der Waals surface area contributed by atoms with Crippen molar-refractivity contribution in [3.63, 3.8) is 0 Å².